The van der Waals surface area contributed by atoms with Crippen LogP contribution in [-0.4, -0.2) is 66.0 Å². The second-order valence-corrected chi connectivity index (χ2v) is 24.2. The van der Waals surface area contributed by atoms with Crippen LogP contribution >= 0.6 is 11.3 Å². The SMILES string of the molecule is CC(=O)C=C(C)O.CN1C=CN(c2[c-]cc(F)cc2)[CH-]1.CN1[CH-]N(c2[c-]cccc2)c2ccccc21.Fc1c[c-]c(-c2ccccn2)c(F)c1.O=C(O)c1ccccn1.[2H]c1c([2H])c([2H])c(-c2c[c-]c(-c3[c-]ccc4ccccc34)cc2C)c([2H])c1[2H].[Ir+3].[Ir].[Ir].[Ir].[Ir].[c-]1c(-c2ccccn2)sc2ccccc12.c1ccc(-c2ccn[n-]2)nc1. The van der Waals surface area contributed by atoms with Gasteiger partial charge < -0.3 is 50.0 Å². The van der Waals surface area contributed by atoms with E-state index in [9.17, 15) is 22.8 Å². The van der Waals surface area contributed by atoms with E-state index in [-0.39, 0.29) is 165 Å². The first kappa shape index (κ1) is 85.1. The number of aliphatic hydroxyl groups excluding tert-OH is 1. The van der Waals surface area contributed by atoms with Crippen molar-refractivity contribution in [3.05, 3.63) is 394 Å². The van der Waals surface area contributed by atoms with E-state index in [1.54, 1.807) is 72.4 Å². The quantitative estimate of drug-likeness (QED) is 0.0796. The molecule has 14 nitrogen and oxygen atoms in total. The Hall–Kier alpha value is -10.3. The van der Waals surface area contributed by atoms with E-state index in [2.05, 4.69) is 139 Å². The number of carboxylic acids is 1. The van der Waals surface area contributed by atoms with Gasteiger partial charge in [-0.05, 0) is 104 Å². The Labute approximate surface area is 735 Å². The maximum Gasteiger partial charge on any atom is 3.00 e. The molecule has 0 spiro atoms. The number of para-hydroxylation sites is 3. The molecule has 17 rings (SSSR count). The summed E-state index contributed by atoms with van der Waals surface area (Å²) in [6.45, 7) is 8.69. The monoisotopic (exact) mass is 2410 g/mol. The van der Waals surface area contributed by atoms with Crippen LogP contribution in [0.3, 0.4) is 0 Å². The maximum absolute atomic E-state index is 13.2. The molecule has 2 N–H and O–H groups in total. The van der Waals surface area contributed by atoms with Gasteiger partial charge in [0.05, 0.1) is 12.6 Å². The fourth-order valence-corrected chi connectivity index (χ4v) is 11.3. The van der Waals surface area contributed by atoms with E-state index in [0.717, 1.165) is 72.9 Å². The smallest absolute Gasteiger partial charge is 0.574 e. The van der Waals surface area contributed by atoms with Crippen molar-refractivity contribution < 1.29 is 140 Å². The van der Waals surface area contributed by atoms with Crippen LogP contribution in [0, 0.1) is 74.1 Å². The predicted octanol–water partition coefficient (Wildman–Crippen LogP) is 20.7. The van der Waals surface area contributed by atoms with Gasteiger partial charge >= 0.3 is 26.1 Å². The number of aryl methyl sites for hydroxylation is 1. The van der Waals surface area contributed by atoms with Crippen molar-refractivity contribution in [1.82, 2.24) is 35.0 Å². The van der Waals surface area contributed by atoms with Gasteiger partial charge in [0.1, 0.15) is 5.69 Å². The van der Waals surface area contributed by atoms with Crippen LogP contribution in [0.15, 0.2) is 316 Å². The van der Waals surface area contributed by atoms with E-state index < -0.39 is 17.6 Å². The van der Waals surface area contributed by atoms with Gasteiger partial charge in [-0.25, -0.2) is 32.2 Å². The number of carbonyl (C=O) groups is 2. The normalized spacial score (nSPS) is 11.6. The van der Waals surface area contributed by atoms with E-state index in [0.29, 0.717) is 11.3 Å². The van der Waals surface area contributed by atoms with Crippen molar-refractivity contribution in [2.24, 2.45) is 0 Å². The maximum atomic E-state index is 13.2. The van der Waals surface area contributed by atoms with E-state index in [1.807, 2.05) is 158 Å². The standard InChI is InChI=1S/C23H16.C14H12N2.C13H8NS.C11H6F2N.C10H9FN2.C8H6N3.C6H5NO2.C5H8O2.5Ir/c1-17-16-20(14-15-21(17)18-8-3-2-4-9-18)23-13-7-11-19-10-5-6-12-22(19)23;1-15-11-16(12-7-3-2-4-8-12)14-10-6-5-9-13(14)15;1-2-7-12-10(5-1)9-13(15-12)11-6-3-4-8-14-11;12-8-4-5-9(10(13)7-8)11-3-1-2-6-14-11;1-12-6-7-13(8-12)10-4-2-9(11)3-5-10;1-2-5-9-7(3-1)8-4-6-10-11-8;8-6(9)5-3-1-2-4-7-5;1-4(6)3-5(2)7;;;;;/h2-12,15-16H,1H3;2-7,9-11H,1H3;1-8H;1-4,6-7H;2-4,6-8H,1H3;1-6H;1-4H,(H,8,9);3,6H,1-2H3;;;;;/q2*-2;2*-1;-2;-1;;;;;;;+3/i2D,3D,4D,8D,9D;;;;;;;;;;;;. The fourth-order valence-electron chi connectivity index (χ4n) is 10.3. The molecule has 0 aliphatic carbocycles. The Balaban J connectivity index is 0.000000247. The zero-order valence-electron chi connectivity index (χ0n) is 65.6. The molecule has 0 saturated carbocycles. The number of aromatic carboxylic acids is 1. The first-order valence-corrected chi connectivity index (χ1v) is 34.0. The third kappa shape index (κ3) is 28.4. The van der Waals surface area contributed by atoms with Crippen LogP contribution in [0.5, 0.6) is 0 Å². The summed E-state index contributed by atoms with van der Waals surface area (Å²) in [5, 5.41) is 27.6. The number of nitrogens with zero attached hydrogens (tertiary/aromatic N) is 10. The summed E-state index contributed by atoms with van der Waals surface area (Å²) in [6.07, 6.45) is 13.2. The molecule has 15 aromatic rings. The molecule has 8 heterocycles. The molecular weight excluding hydrogens is 2340 g/mol. The second kappa shape index (κ2) is 48.6. The molecular formula is C90H70F3Ir5N10O4S-6. The number of anilines is 4. The summed E-state index contributed by atoms with van der Waals surface area (Å²) in [4.78, 5) is 45.3. The number of benzene rings is 9. The summed E-state index contributed by atoms with van der Waals surface area (Å²) in [5.41, 5.74) is 11.1. The number of rotatable bonds is 9. The minimum absolute atomic E-state index is 0. The number of allylic oxidation sites excluding steroid dienone is 2. The van der Waals surface area contributed by atoms with Gasteiger partial charge in [0.2, 0.25) is 0 Å². The summed E-state index contributed by atoms with van der Waals surface area (Å²) < 4.78 is 79.6. The Morgan fingerprint density at radius 1 is 0.575 bits per heavy atom. The average Bonchev–Trinajstić information content (AvgIpc) is 1.12. The van der Waals surface area contributed by atoms with Crippen molar-refractivity contribution in [3.8, 4) is 55.5 Å². The molecule has 0 amide bonds. The third-order valence-corrected chi connectivity index (χ3v) is 16.3. The Kier molecular flexibility index (Phi) is 36.6. The van der Waals surface area contributed by atoms with Crippen LogP contribution in [0.25, 0.3) is 76.3 Å². The molecule has 0 unspecified atom stereocenters. The Bertz CT molecular complexity index is 5650. The van der Waals surface area contributed by atoms with Crippen LogP contribution in [0.2, 0.25) is 0 Å². The van der Waals surface area contributed by atoms with E-state index >= 15 is 0 Å². The minimum atomic E-state index is -0.990. The predicted molar refractivity (Wildman–Crippen MR) is 424 cm³/mol. The van der Waals surface area contributed by atoms with Gasteiger partial charge in [0, 0.05) is 158 Å². The second-order valence-electron chi connectivity index (χ2n) is 23.2. The average molecular weight is 2410 g/mol. The molecule has 0 bridgehead atoms. The zero-order chi connectivity index (χ0) is 80.3. The van der Waals surface area contributed by atoms with Crippen LogP contribution < -0.4 is 19.8 Å². The van der Waals surface area contributed by atoms with Gasteiger partial charge in [0.25, 0.3) is 0 Å². The molecule has 23 heteroatoms. The first-order chi connectivity index (χ1) is 54.6. The number of carbonyl (C=O) groups excluding carboxylic acids is 1. The first-order valence-electron chi connectivity index (χ1n) is 35.7. The van der Waals surface area contributed by atoms with Gasteiger partial charge in [-0.2, -0.15) is 74.0 Å². The van der Waals surface area contributed by atoms with E-state index in [4.69, 9.17) is 17.1 Å². The topological polar surface area (TPSA) is 166 Å². The molecule has 582 valence electrons. The molecule has 6 aromatic heterocycles. The van der Waals surface area contributed by atoms with Gasteiger partial charge in [-0.3, -0.25) is 22.9 Å². The van der Waals surface area contributed by atoms with Crippen molar-refractivity contribution in [3.63, 3.8) is 0 Å². The Morgan fingerprint density at radius 2 is 1.21 bits per heavy atom. The molecule has 0 fully saturated rings. The van der Waals surface area contributed by atoms with Gasteiger partial charge in [-0.15, -0.1) is 99.8 Å². The number of hydrogen-bond acceptors (Lipinski definition) is 13. The number of hydrogen-bond donors (Lipinski definition) is 2. The van der Waals surface area contributed by atoms with Crippen molar-refractivity contribution >= 4 is 66.7 Å². The molecule has 4 radical (unpaired) electrons. The number of fused-ring (bicyclic) bond motifs is 3. The zero-order valence-corrected chi connectivity index (χ0v) is 73.4. The van der Waals surface area contributed by atoms with Gasteiger partial charge in [0.15, 0.2) is 5.78 Å². The van der Waals surface area contributed by atoms with Crippen LogP contribution in [-0.2, 0) is 105 Å². The number of halogens is 3. The number of aliphatic hydroxyl groups is 1. The molecule has 2 aliphatic heterocycles. The summed E-state index contributed by atoms with van der Waals surface area (Å²) in [6, 6.07) is 86.9. The van der Waals surface area contributed by atoms with Crippen LogP contribution in [0.4, 0.5) is 35.9 Å². The Morgan fingerprint density at radius 3 is 1.78 bits per heavy atom. The number of pyridine rings is 4. The van der Waals surface area contributed by atoms with Gasteiger partial charge in [-0.1, -0.05) is 151 Å². The van der Waals surface area contributed by atoms with Crippen molar-refractivity contribution in [2.75, 3.05) is 28.8 Å². The van der Waals surface area contributed by atoms with E-state index in [1.165, 1.54) is 65.8 Å². The third-order valence-electron chi connectivity index (χ3n) is 15.2. The number of aromatic nitrogens is 6. The molecule has 0 atom stereocenters. The number of thiophene rings is 1. The molecule has 9 aromatic carbocycles. The van der Waals surface area contributed by atoms with Crippen LogP contribution in [0.1, 0.15) is 36.8 Å². The molecule has 0 saturated heterocycles. The fraction of sp³-hybridized carbons (Fsp3) is 0.0556. The number of ketones is 1. The summed E-state index contributed by atoms with van der Waals surface area (Å²) in [5.74, 6) is -2.60. The molecule has 113 heavy (non-hydrogen) atoms. The largest absolute Gasteiger partial charge is 3.00 e. The summed E-state index contributed by atoms with van der Waals surface area (Å²) >= 11 is 1.73. The summed E-state index contributed by atoms with van der Waals surface area (Å²) in [7, 11) is 3.99. The number of carboxylic acid groups (broad SMARTS) is 1. The minimum Gasteiger partial charge on any atom is -0.574 e. The molecule has 2 aliphatic rings. The van der Waals surface area contributed by atoms with Crippen molar-refractivity contribution in [2.45, 2.75) is 20.8 Å². The van der Waals surface area contributed by atoms with Crippen molar-refractivity contribution in [1.29, 1.82) is 0 Å².